The Morgan fingerprint density at radius 2 is 1.89 bits per heavy atom. The van der Waals surface area contributed by atoms with Gasteiger partial charge in [0.05, 0.1) is 0 Å². The third kappa shape index (κ3) is 5.11. The summed E-state index contributed by atoms with van der Waals surface area (Å²) in [7, 11) is 3.90. The average Bonchev–Trinajstić information content (AvgIpc) is 3.06. The molecule has 3 rings (SSSR count). The first-order valence-electron chi connectivity index (χ1n) is 8.59. The Hall–Kier alpha value is -3.26. The van der Waals surface area contributed by atoms with Gasteiger partial charge in [-0.15, -0.1) is 0 Å². The smallest absolute Gasteiger partial charge is 0.270 e. The maximum Gasteiger partial charge on any atom is 0.270 e. The van der Waals surface area contributed by atoms with Crippen LogP contribution in [0.15, 0.2) is 47.0 Å². The monoisotopic (exact) mass is 366 g/mol. The minimum Gasteiger partial charge on any atom is -0.360 e. The number of aryl methyl sites for hydroxylation is 1. The standard InChI is InChI=1S/C19H22N6O2/c1-13-11-17(24-27-13)22-16-12-15(19(26)20-9-10-25(2)3)21-18(23-16)14-7-5-4-6-8-14/h4-8,11-12H,9-10H2,1-3H3,(H,20,26)(H,21,22,23,24). The first kappa shape index (κ1) is 18.5. The lowest BCUT2D eigenvalue weighted by molar-refractivity contribution is 0.0946. The van der Waals surface area contributed by atoms with Crippen molar-refractivity contribution in [3.8, 4) is 11.4 Å². The van der Waals surface area contributed by atoms with Gasteiger partial charge in [0.1, 0.15) is 17.3 Å². The molecule has 8 heteroatoms. The summed E-state index contributed by atoms with van der Waals surface area (Å²) in [6.07, 6.45) is 0. The fourth-order valence-electron chi connectivity index (χ4n) is 2.38. The van der Waals surface area contributed by atoms with E-state index in [1.807, 2.05) is 49.3 Å². The summed E-state index contributed by atoms with van der Waals surface area (Å²) in [4.78, 5) is 23.5. The quantitative estimate of drug-likeness (QED) is 0.663. The van der Waals surface area contributed by atoms with E-state index >= 15 is 0 Å². The number of nitrogens with one attached hydrogen (secondary N) is 2. The first-order chi connectivity index (χ1) is 13.0. The van der Waals surface area contributed by atoms with Crippen LogP contribution < -0.4 is 10.6 Å². The van der Waals surface area contributed by atoms with E-state index in [1.165, 1.54) is 0 Å². The number of likely N-dealkylation sites (N-methyl/N-ethyl adjacent to an activating group) is 1. The van der Waals surface area contributed by atoms with Gasteiger partial charge in [-0.1, -0.05) is 35.5 Å². The lowest BCUT2D eigenvalue weighted by Crippen LogP contribution is -2.32. The Bertz CT molecular complexity index is 908. The van der Waals surface area contributed by atoms with Gasteiger partial charge in [0.15, 0.2) is 11.6 Å². The van der Waals surface area contributed by atoms with Crippen molar-refractivity contribution in [2.45, 2.75) is 6.92 Å². The van der Waals surface area contributed by atoms with Gasteiger partial charge in [0.2, 0.25) is 0 Å². The zero-order valence-corrected chi connectivity index (χ0v) is 15.6. The molecule has 1 amide bonds. The number of carbonyl (C=O) groups is 1. The van der Waals surface area contributed by atoms with Crippen LogP contribution in [0.5, 0.6) is 0 Å². The molecule has 1 aromatic carbocycles. The zero-order valence-electron chi connectivity index (χ0n) is 15.6. The molecular formula is C19H22N6O2. The summed E-state index contributed by atoms with van der Waals surface area (Å²) in [5.74, 6) is 1.87. The van der Waals surface area contributed by atoms with Crippen molar-refractivity contribution >= 4 is 17.5 Å². The number of rotatable bonds is 7. The van der Waals surface area contributed by atoms with Crippen LogP contribution in [-0.4, -0.2) is 53.1 Å². The number of hydrogen-bond donors (Lipinski definition) is 2. The van der Waals surface area contributed by atoms with E-state index in [4.69, 9.17) is 4.52 Å². The molecule has 3 aromatic rings. The molecule has 0 radical (unpaired) electrons. The van der Waals surface area contributed by atoms with Crippen LogP contribution in [0.2, 0.25) is 0 Å². The molecule has 0 saturated heterocycles. The van der Waals surface area contributed by atoms with Gasteiger partial charge in [0.25, 0.3) is 5.91 Å². The molecule has 0 atom stereocenters. The Morgan fingerprint density at radius 1 is 1.11 bits per heavy atom. The molecule has 0 bridgehead atoms. The average molecular weight is 366 g/mol. The van der Waals surface area contributed by atoms with Crippen molar-refractivity contribution in [3.63, 3.8) is 0 Å². The lowest BCUT2D eigenvalue weighted by atomic mass is 10.2. The molecule has 0 fully saturated rings. The molecule has 0 aliphatic rings. The number of anilines is 2. The van der Waals surface area contributed by atoms with Gasteiger partial charge in [-0.2, -0.15) is 0 Å². The van der Waals surface area contributed by atoms with Crippen LogP contribution in [0.1, 0.15) is 16.2 Å². The fourth-order valence-corrected chi connectivity index (χ4v) is 2.38. The Labute approximate surface area is 157 Å². The van der Waals surface area contributed by atoms with Crippen molar-refractivity contribution in [2.75, 3.05) is 32.5 Å². The van der Waals surface area contributed by atoms with E-state index in [2.05, 4.69) is 25.8 Å². The second-order valence-corrected chi connectivity index (χ2v) is 6.34. The van der Waals surface area contributed by atoms with E-state index in [-0.39, 0.29) is 11.6 Å². The predicted molar refractivity (Wildman–Crippen MR) is 103 cm³/mol. The largest absolute Gasteiger partial charge is 0.360 e. The maximum absolute atomic E-state index is 12.5. The van der Waals surface area contributed by atoms with Crippen LogP contribution >= 0.6 is 0 Å². The van der Waals surface area contributed by atoms with E-state index in [1.54, 1.807) is 19.1 Å². The second kappa shape index (κ2) is 8.41. The highest BCUT2D eigenvalue weighted by Crippen LogP contribution is 2.20. The summed E-state index contributed by atoms with van der Waals surface area (Å²) in [5, 5.41) is 9.84. The van der Waals surface area contributed by atoms with Crippen LogP contribution in [0.4, 0.5) is 11.6 Å². The molecule has 2 N–H and O–H groups in total. The van der Waals surface area contributed by atoms with Crippen molar-refractivity contribution in [1.29, 1.82) is 0 Å². The van der Waals surface area contributed by atoms with Gasteiger partial charge in [0, 0.05) is 30.8 Å². The first-order valence-corrected chi connectivity index (χ1v) is 8.59. The van der Waals surface area contributed by atoms with Gasteiger partial charge in [-0.25, -0.2) is 9.97 Å². The Kier molecular flexibility index (Phi) is 5.77. The molecular weight excluding hydrogens is 344 g/mol. The lowest BCUT2D eigenvalue weighted by Gasteiger charge is -2.11. The van der Waals surface area contributed by atoms with Crippen LogP contribution in [0.25, 0.3) is 11.4 Å². The molecule has 0 aliphatic carbocycles. The molecule has 2 heterocycles. The molecule has 8 nitrogen and oxygen atoms in total. The summed E-state index contributed by atoms with van der Waals surface area (Å²) in [6, 6.07) is 12.9. The Balaban J connectivity index is 1.89. The van der Waals surface area contributed by atoms with Gasteiger partial charge < -0.3 is 20.1 Å². The van der Waals surface area contributed by atoms with E-state index in [0.29, 0.717) is 29.8 Å². The van der Waals surface area contributed by atoms with Crippen molar-refractivity contribution < 1.29 is 9.32 Å². The second-order valence-electron chi connectivity index (χ2n) is 6.34. The number of hydrogen-bond acceptors (Lipinski definition) is 7. The summed E-state index contributed by atoms with van der Waals surface area (Å²) >= 11 is 0. The normalized spacial score (nSPS) is 10.8. The number of aromatic nitrogens is 3. The van der Waals surface area contributed by atoms with Crippen LogP contribution in [0, 0.1) is 6.92 Å². The summed E-state index contributed by atoms with van der Waals surface area (Å²) < 4.78 is 5.06. The number of amides is 1. The number of benzene rings is 1. The van der Waals surface area contributed by atoms with Gasteiger partial charge in [-0.3, -0.25) is 4.79 Å². The number of carbonyl (C=O) groups excluding carboxylic acids is 1. The highest BCUT2D eigenvalue weighted by Gasteiger charge is 2.14. The maximum atomic E-state index is 12.5. The Morgan fingerprint density at radius 3 is 2.56 bits per heavy atom. The molecule has 0 spiro atoms. The molecule has 0 saturated carbocycles. The van der Waals surface area contributed by atoms with Gasteiger partial charge in [-0.05, 0) is 21.0 Å². The zero-order chi connectivity index (χ0) is 19.2. The minimum absolute atomic E-state index is 0.254. The van der Waals surface area contributed by atoms with Crippen molar-refractivity contribution in [1.82, 2.24) is 25.3 Å². The van der Waals surface area contributed by atoms with Crippen LogP contribution in [0.3, 0.4) is 0 Å². The van der Waals surface area contributed by atoms with Crippen molar-refractivity contribution in [2.24, 2.45) is 0 Å². The molecule has 0 aliphatic heterocycles. The third-order valence-corrected chi connectivity index (χ3v) is 3.72. The molecule has 2 aromatic heterocycles. The molecule has 27 heavy (non-hydrogen) atoms. The SMILES string of the molecule is Cc1cc(Nc2cc(C(=O)NCCN(C)C)nc(-c3ccccc3)n2)no1. The molecule has 140 valence electrons. The van der Waals surface area contributed by atoms with Gasteiger partial charge >= 0.3 is 0 Å². The molecule has 0 unspecified atom stereocenters. The third-order valence-electron chi connectivity index (χ3n) is 3.72. The highest BCUT2D eigenvalue weighted by atomic mass is 16.5. The summed E-state index contributed by atoms with van der Waals surface area (Å²) in [6.45, 7) is 3.07. The summed E-state index contributed by atoms with van der Waals surface area (Å²) in [5.41, 5.74) is 1.10. The van der Waals surface area contributed by atoms with E-state index in [0.717, 1.165) is 12.1 Å². The highest BCUT2D eigenvalue weighted by molar-refractivity contribution is 5.93. The fraction of sp³-hybridized carbons (Fsp3) is 0.263. The topological polar surface area (TPSA) is 96.2 Å². The van der Waals surface area contributed by atoms with E-state index < -0.39 is 0 Å². The van der Waals surface area contributed by atoms with E-state index in [9.17, 15) is 4.79 Å². The minimum atomic E-state index is -0.254. The predicted octanol–water partition coefficient (Wildman–Crippen LogP) is 2.48. The van der Waals surface area contributed by atoms with Crippen LogP contribution in [-0.2, 0) is 0 Å². The number of nitrogens with zero attached hydrogens (tertiary/aromatic N) is 4. The van der Waals surface area contributed by atoms with Crippen molar-refractivity contribution in [3.05, 3.63) is 53.9 Å².